The number of benzene rings is 2. The number of hydrogen-bond donors (Lipinski definition) is 2. The minimum Gasteiger partial charge on any atom is -0.330 e. The second kappa shape index (κ2) is 8.54. The molecule has 0 aliphatic rings. The van der Waals surface area contributed by atoms with Gasteiger partial charge >= 0.3 is 0 Å². The van der Waals surface area contributed by atoms with Gasteiger partial charge in [0.25, 0.3) is 0 Å². The van der Waals surface area contributed by atoms with Crippen LogP contribution < -0.4 is 10.6 Å². The second-order valence-corrected chi connectivity index (χ2v) is 8.93. The number of amides is 1. The van der Waals surface area contributed by atoms with Gasteiger partial charge in [0.05, 0.1) is 5.25 Å². The van der Waals surface area contributed by atoms with Crippen LogP contribution in [0.4, 0.5) is 16.5 Å². The average Bonchev–Trinajstić information content (AvgIpc) is 3.07. The van der Waals surface area contributed by atoms with Gasteiger partial charge in [-0.05, 0) is 62.6 Å². The molecule has 27 heavy (non-hydrogen) atoms. The van der Waals surface area contributed by atoms with Crippen LogP contribution in [-0.2, 0) is 4.79 Å². The molecule has 0 radical (unpaired) electrons. The van der Waals surface area contributed by atoms with E-state index in [2.05, 4.69) is 46.8 Å². The highest BCUT2D eigenvalue weighted by molar-refractivity contribution is 8.02. The van der Waals surface area contributed by atoms with Crippen LogP contribution in [0.2, 0.25) is 0 Å². The lowest BCUT2D eigenvalue weighted by Crippen LogP contribution is -2.22. The molecule has 2 N–H and O–H groups in total. The molecule has 1 unspecified atom stereocenters. The van der Waals surface area contributed by atoms with E-state index in [0.29, 0.717) is 5.13 Å². The Bertz CT molecular complexity index is 955. The quantitative estimate of drug-likeness (QED) is 0.550. The Hall–Kier alpha value is -2.38. The number of anilines is 3. The summed E-state index contributed by atoms with van der Waals surface area (Å²) in [7, 11) is 0. The Morgan fingerprint density at radius 1 is 1.04 bits per heavy atom. The van der Waals surface area contributed by atoms with Crippen molar-refractivity contribution in [3.8, 4) is 0 Å². The summed E-state index contributed by atoms with van der Waals surface area (Å²) in [4.78, 5) is 12.4. The van der Waals surface area contributed by atoms with E-state index in [1.165, 1.54) is 34.2 Å². The van der Waals surface area contributed by atoms with Gasteiger partial charge in [-0.15, -0.1) is 10.2 Å². The van der Waals surface area contributed by atoms with E-state index in [9.17, 15) is 4.79 Å². The number of rotatable bonds is 6. The molecule has 0 aliphatic heterocycles. The number of thioether (sulfide) groups is 1. The number of nitrogens with one attached hydrogen (secondary N) is 2. The van der Waals surface area contributed by atoms with E-state index in [0.717, 1.165) is 21.3 Å². The fourth-order valence-electron chi connectivity index (χ4n) is 2.40. The number of carbonyl (C=O) groups excluding carboxylic acids is 1. The Morgan fingerprint density at radius 3 is 2.56 bits per heavy atom. The Balaban J connectivity index is 1.60. The van der Waals surface area contributed by atoms with E-state index in [1.54, 1.807) is 0 Å². The van der Waals surface area contributed by atoms with Crippen LogP contribution in [0.25, 0.3) is 0 Å². The molecule has 3 rings (SSSR count). The molecule has 140 valence electrons. The lowest BCUT2D eigenvalue weighted by Gasteiger charge is -2.11. The van der Waals surface area contributed by atoms with Crippen molar-refractivity contribution in [3.63, 3.8) is 0 Å². The number of aromatic nitrogens is 2. The Labute approximate surface area is 167 Å². The molecule has 0 saturated carbocycles. The predicted molar refractivity (Wildman–Crippen MR) is 114 cm³/mol. The zero-order valence-electron chi connectivity index (χ0n) is 15.7. The third-order valence-corrected chi connectivity index (χ3v) is 6.24. The maximum atomic E-state index is 12.4. The van der Waals surface area contributed by atoms with E-state index in [4.69, 9.17) is 0 Å². The van der Waals surface area contributed by atoms with Crippen molar-refractivity contribution in [1.82, 2.24) is 10.2 Å². The van der Waals surface area contributed by atoms with Gasteiger partial charge in [0.15, 0.2) is 4.34 Å². The molecule has 5 nitrogen and oxygen atoms in total. The van der Waals surface area contributed by atoms with E-state index in [-0.39, 0.29) is 11.2 Å². The molecule has 3 aromatic rings. The molecular weight excluding hydrogens is 376 g/mol. The average molecular weight is 399 g/mol. The van der Waals surface area contributed by atoms with Crippen LogP contribution in [-0.4, -0.2) is 21.4 Å². The summed E-state index contributed by atoms with van der Waals surface area (Å²) in [5.41, 5.74) is 5.34. The Morgan fingerprint density at radius 2 is 1.81 bits per heavy atom. The lowest BCUT2D eigenvalue weighted by molar-refractivity contribution is -0.115. The fraction of sp³-hybridized carbons (Fsp3) is 0.250. The van der Waals surface area contributed by atoms with Crippen LogP contribution in [0.5, 0.6) is 0 Å². The van der Waals surface area contributed by atoms with Crippen LogP contribution in [0.15, 0.2) is 46.8 Å². The molecule has 1 aromatic heterocycles. The molecule has 0 bridgehead atoms. The van der Waals surface area contributed by atoms with Gasteiger partial charge in [0, 0.05) is 11.4 Å². The van der Waals surface area contributed by atoms with E-state index >= 15 is 0 Å². The number of hydrogen-bond acceptors (Lipinski definition) is 6. The number of carbonyl (C=O) groups is 1. The SMILES string of the molecule is Cc1ccc(Nc2nnc(SC(C)C(=O)Nc3ccccc3C)s2)cc1C. The first-order valence-corrected chi connectivity index (χ1v) is 10.3. The maximum absolute atomic E-state index is 12.4. The summed E-state index contributed by atoms with van der Waals surface area (Å²) in [5, 5.41) is 15.1. The van der Waals surface area contributed by atoms with Crippen LogP contribution in [0.1, 0.15) is 23.6 Å². The van der Waals surface area contributed by atoms with E-state index < -0.39 is 0 Å². The maximum Gasteiger partial charge on any atom is 0.237 e. The first-order valence-electron chi connectivity index (χ1n) is 8.63. The van der Waals surface area contributed by atoms with Crippen LogP contribution in [0, 0.1) is 20.8 Å². The largest absolute Gasteiger partial charge is 0.330 e. The first-order chi connectivity index (χ1) is 12.9. The van der Waals surface area contributed by atoms with Crippen LogP contribution in [0.3, 0.4) is 0 Å². The molecule has 7 heteroatoms. The molecule has 1 amide bonds. The van der Waals surface area contributed by atoms with Gasteiger partial charge in [-0.3, -0.25) is 4.79 Å². The van der Waals surface area contributed by atoms with E-state index in [1.807, 2.05) is 44.2 Å². The number of nitrogens with zero attached hydrogens (tertiary/aromatic N) is 2. The zero-order valence-corrected chi connectivity index (χ0v) is 17.4. The van der Waals surface area contributed by atoms with Gasteiger partial charge in [-0.1, -0.05) is 47.4 Å². The Kier molecular flexibility index (Phi) is 6.13. The summed E-state index contributed by atoms with van der Waals surface area (Å²) in [6, 6.07) is 13.9. The second-order valence-electron chi connectivity index (χ2n) is 6.36. The van der Waals surface area contributed by atoms with Crippen molar-refractivity contribution in [2.24, 2.45) is 0 Å². The highest BCUT2D eigenvalue weighted by Crippen LogP contribution is 2.31. The van der Waals surface area contributed by atoms with Gasteiger partial charge in [-0.25, -0.2) is 0 Å². The topological polar surface area (TPSA) is 66.9 Å². The highest BCUT2D eigenvalue weighted by atomic mass is 32.2. The summed E-state index contributed by atoms with van der Waals surface area (Å²) in [6.07, 6.45) is 0. The highest BCUT2D eigenvalue weighted by Gasteiger charge is 2.18. The standard InChI is InChI=1S/C20H22N4OS2/c1-12-9-10-16(11-14(12)3)21-19-23-24-20(27-19)26-15(4)18(25)22-17-8-6-5-7-13(17)2/h5-11,15H,1-4H3,(H,21,23)(H,22,25). The molecular formula is C20H22N4OS2. The minimum absolute atomic E-state index is 0.0480. The van der Waals surface area contributed by atoms with Crippen molar-refractivity contribution < 1.29 is 4.79 Å². The fourth-order valence-corrected chi connectivity index (χ4v) is 4.32. The van der Waals surface area contributed by atoms with Crippen molar-refractivity contribution >= 4 is 45.5 Å². The molecule has 0 fully saturated rings. The normalized spacial score (nSPS) is 11.9. The van der Waals surface area contributed by atoms with Crippen molar-refractivity contribution in [1.29, 1.82) is 0 Å². The third kappa shape index (κ3) is 5.08. The van der Waals surface area contributed by atoms with Gasteiger partial charge in [-0.2, -0.15) is 0 Å². The monoisotopic (exact) mass is 398 g/mol. The molecule has 1 heterocycles. The van der Waals surface area contributed by atoms with Crippen molar-refractivity contribution in [2.75, 3.05) is 10.6 Å². The molecule has 0 aliphatic carbocycles. The molecule has 0 spiro atoms. The smallest absolute Gasteiger partial charge is 0.237 e. The minimum atomic E-state index is -0.271. The van der Waals surface area contributed by atoms with Gasteiger partial charge in [0.2, 0.25) is 11.0 Å². The van der Waals surface area contributed by atoms with Gasteiger partial charge < -0.3 is 10.6 Å². The zero-order chi connectivity index (χ0) is 19.4. The molecule has 0 saturated heterocycles. The lowest BCUT2D eigenvalue weighted by atomic mass is 10.1. The van der Waals surface area contributed by atoms with Crippen molar-refractivity contribution in [3.05, 3.63) is 59.2 Å². The number of para-hydroxylation sites is 1. The predicted octanol–water partition coefficient (Wildman–Crippen LogP) is 5.33. The summed E-state index contributed by atoms with van der Waals surface area (Å²) < 4.78 is 0.758. The molecule has 2 aromatic carbocycles. The summed E-state index contributed by atoms with van der Waals surface area (Å²) in [6.45, 7) is 8.01. The summed E-state index contributed by atoms with van der Waals surface area (Å²) in [5.74, 6) is -0.0480. The third-order valence-electron chi connectivity index (χ3n) is 4.21. The summed E-state index contributed by atoms with van der Waals surface area (Å²) >= 11 is 2.85. The van der Waals surface area contributed by atoms with Gasteiger partial charge in [0.1, 0.15) is 0 Å². The van der Waals surface area contributed by atoms with Crippen molar-refractivity contribution in [2.45, 2.75) is 37.3 Å². The molecule has 1 atom stereocenters. The van der Waals surface area contributed by atoms with Crippen LogP contribution >= 0.6 is 23.1 Å². The number of aryl methyl sites for hydroxylation is 3. The first kappa shape index (κ1) is 19.4.